The average Bonchev–Trinajstić information content (AvgIpc) is 3.23. The fourth-order valence-corrected chi connectivity index (χ4v) is 6.41. The first-order valence-electron chi connectivity index (χ1n) is 18.5. The SMILES string of the molecule is CCCCN(c1ccc2cccc(O)c2n1)c1ccc2cccc(O)c2n1.CCCCN(c1ccc2cccc(O)c2n1)c1ccc2cccc(O)c2n1.[Cl][Co][Cl].[Co]. The molecule has 8 rings (SSSR count). The molecule has 4 aromatic heterocycles. The predicted molar refractivity (Wildman–Crippen MR) is 229 cm³/mol. The Morgan fingerprint density at radius 3 is 0.897 bits per heavy atom. The van der Waals surface area contributed by atoms with Crippen molar-refractivity contribution in [3.63, 3.8) is 0 Å². The second-order valence-electron chi connectivity index (χ2n) is 13.1. The average molecular weight is 908 g/mol. The molecule has 0 aliphatic rings. The van der Waals surface area contributed by atoms with E-state index in [0.29, 0.717) is 35.0 Å². The Morgan fingerprint density at radius 1 is 0.431 bits per heavy atom. The molecule has 0 aliphatic heterocycles. The van der Waals surface area contributed by atoms with E-state index in [2.05, 4.69) is 33.8 Å². The maximum atomic E-state index is 10.2. The van der Waals surface area contributed by atoms with Crippen LogP contribution in [0.15, 0.2) is 121 Å². The summed E-state index contributed by atoms with van der Waals surface area (Å²) in [4.78, 5) is 22.8. The van der Waals surface area contributed by atoms with Crippen molar-refractivity contribution in [2.75, 3.05) is 22.9 Å². The van der Waals surface area contributed by atoms with Crippen LogP contribution in [-0.2, 0) is 29.7 Å². The molecule has 304 valence electrons. The summed E-state index contributed by atoms with van der Waals surface area (Å²) in [6, 6.07) is 37.1. The number of aromatic hydroxyl groups is 4. The summed E-state index contributed by atoms with van der Waals surface area (Å²) in [5.41, 5.74) is 2.28. The van der Waals surface area contributed by atoms with E-state index in [0.717, 1.165) is 83.6 Å². The number of rotatable bonds is 10. The molecule has 0 bridgehead atoms. The van der Waals surface area contributed by atoms with Crippen LogP contribution in [0, 0.1) is 0 Å². The van der Waals surface area contributed by atoms with Gasteiger partial charge in [-0.25, -0.2) is 19.9 Å². The predicted octanol–water partition coefficient (Wildman–Crippen LogP) is 11.6. The number of pyridine rings is 4. The first-order valence-corrected chi connectivity index (χ1v) is 21.4. The Morgan fingerprint density at radius 2 is 0.672 bits per heavy atom. The van der Waals surface area contributed by atoms with Crippen LogP contribution in [0.1, 0.15) is 39.5 Å². The summed E-state index contributed by atoms with van der Waals surface area (Å²) in [5, 5.41) is 44.2. The van der Waals surface area contributed by atoms with E-state index >= 15 is 0 Å². The van der Waals surface area contributed by atoms with Crippen LogP contribution >= 0.6 is 20.3 Å². The number of nitrogens with zero attached hydrogens (tertiary/aromatic N) is 6. The van der Waals surface area contributed by atoms with Crippen LogP contribution in [0.5, 0.6) is 23.0 Å². The zero-order chi connectivity index (χ0) is 40.3. The largest absolute Gasteiger partial charge is 0 e. The molecule has 4 N–H and O–H groups in total. The second-order valence-corrected chi connectivity index (χ2v) is 14.9. The van der Waals surface area contributed by atoms with Gasteiger partial charge < -0.3 is 30.2 Å². The monoisotopic (exact) mass is 906 g/mol. The standard InChI is InChI=1S/2C22H21N3O2.2ClH.2Co/c2*1-2-3-14-25(19-12-10-15-6-4-8-17(26)21(15)23-19)20-13-11-16-7-5-9-18(27)22(16)24-20;;;;/h2*4-13,26-27H,2-3,14H2,1H3;2*1H;;/q;;;;;+2/p-2. The summed E-state index contributed by atoms with van der Waals surface area (Å²) in [6.45, 7) is 5.76. The van der Waals surface area contributed by atoms with E-state index in [9.17, 15) is 20.4 Å². The number of unbranched alkanes of at least 4 members (excludes halogenated alkanes) is 2. The van der Waals surface area contributed by atoms with Crippen LogP contribution in [0.25, 0.3) is 43.6 Å². The van der Waals surface area contributed by atoms with Gasteiger partial charge in [-0.2, -0.15) is 0 Å². The fraction of sp³-hybridized carbons (Fsp3) is 0.182. The van der Waals surface area contributed by atoms with Crippen molar-refractivity contribution in [1.29, 1.82) is 0 Å². The maximum absolute atomic E-state index is 10.2. The number of hydrogen-bond acceptors (Lipinski definition) is 10. The zero-order valence-corrected chi connectivity index (χ0v) is 35.3. The molecule has 0 fully saturated rings. The third kappa shape index (κ3) is 10.3. The Balaban J connectivity index is 0.000000204. The second kappa shape index (κ2) is 21.1. The molecule has 58 heavy (non-hydrogen) atoms. The van der Waals surface area contributed by atoms with E-state index in [1.54, 1.807) is 24.3 Å². The molecule has 1 radical (unpaired) electrons. The summed E-state index contributed by atoms with van der Waals surface area (Å²) < 4.78 is 0. The van der Waals surface area contributed by atoms with E-state index in [4.69, 9.17) is 20.3 Å². The van der Waals surface area contributed by atoms with E-state index in [-0.39, 0.29) is 39.8 Å². The quantitative estimate of drug-likeness (QED) is 0.105. The molecular formula is C44H42Cl2Co2N6O4. The summed E-state index contributed by atoms with van der Waals surface area (Å²) in [6.07, 6.45) is 4.02. The number of anilines is 4. The van der Waals surface area contributed by atoms with Gasteiger partial charge in [0, 0.05) is 51.4 Å². The minimum atomic E-state index is 0. The Bertz CT molecular complexity index is 2270. The number of phenolic OH excluding ortho intramolecular Hbond substituents is 4. The number of para-hydroxylation sites is 4. The normalized spacial score (nSPS) is 10.8. The Kier molecular flexibility index (Phi) is 16.0. The van der Waals surface area contributed by atoms with Crippen molar-refractivity contribution in [3.8, 4) is 23.0 Å². The van der Waals surface area contributed by atoms with E-state index in [1.165, 1.54) is 0 Å². The summed E-state index contributed by atoms with van der Waals surface area (Å²) in [5.74, 6) is 3.53. The van der Waals surface area contributed by atoms with Crippen LogP contribution in [0.2, 0.25) is 0 Å². The minimum absolute atomic E-state index is 0. The molecular weight excluding hydrogens is 865 g/mol. The van der Waals surface area contributed by atoms with Crippen molar-refractivity contribution >= 4 is 87.2 Å². The Labute approximate surface area is 361 Å². The van der Waals surface area contributed by atoms with Crippen LogP contribution in [0.4, 0.5) is 23.3 Å². The number of fused-ring (bicyclic) bond motifs is 4. The van der Waals surface area contributed by atoms with Gasteiger partial charge in [-0.05, 0) is 85.6 Å². The van der Waals surface area contributed by atoms with Crippen LogP contribution in [0.3, 0.4) is 0 Å². The molecule has 0 atom stereocenters. The van der Waals surface area contributed by atoms with Gasteiger partial charge in [0.25, 0.3) is 0 Å². The van der Waals surface area contributed by atoms with Crippen molar-refractivity contribution < 1.29 is 50.1 Å². The third-order valence-corrected chi connectivity index (χ3v) is 9.31. The van der Waals surface area contributed by atoms with Gasteiger partial charge in [-0.1, -0.05) is 75.2 Å². The van der Waals surface area contributed by atoms with Crippen molar-refractivity contribution in [3.05, 3.63) is 121 Å². The minimum Gasteiger partial charge on any atom is 0 e. The molecule has 0 saturated heterocycles. The van der Waals surface area contributed by atoms with Gasteiger partial charge in [0.2, 0.25) is 0 Å². The molecule has 4 aromatic carbocycles. The molecule has 0 unspecified atom stereocenters. The number of hydrogen-bond donors (Lipinski definition) is 4. The molecule has 0 spiro atoms. The van der Waals surface area contributed by atoms with E-state index < -0.39 is 0 Å². The number of phenols is 4. The molecule has 0 aliphatic carbocycles. The Hall–Kier alpha value is -5.09. The van der Waals surface area contributed by atoms with Gasteiger partial charge in [0.15, 0.2) is 0 Å². The molecule has 4 heterocycles. The van der Waals surface area contributed by atoms with Gasteiger partial charge >= 0.3 is 33.2 Å². The van der Waals surface area contributed by atoms with Crippen LogP contribution in [-0.4, -0.2) is 53.5 Å². The molecule has 8 aromatic rings. The smallest absolute Gasteiger partial charge is 0 e. The summed E-state index contributed by atoms with van der Waals surface area (Å²) >= 11 is 0.382. The van der Waals surface area contributed by atoms with Crippen LogP contribution < -0.4 is 9.80 Å². The zero-order valence-electron chi connectivity index (χ0n) is 31.7. The summed E-state index contributed by atoms with van der Waals surface area (Å²) in [7, 11) is 9.47. The fourth-order valence-electron chi connectivity index (χ4n) is 6.41. The van der Waals surface area contributed by atoms with Gasteiger partial charge in [-0.3, -0.25) is 0 Å². The number of benzene rings is 4. The van der Waals surface area contributed by atoms with Gasteiger partial charge in [0.05, 0.1) is 0 Å². The third-order valence-electron chi connectivity index (χ3n) is 9.31. The number of halogens is 2. The topological polar surface area (TPSA) is 139 Å². The van der Waals surface area contributed by atoms with Gasteiger partial charge in [-0.15, -0.1) is 0 Å². The van der Waals surface area contributed by atoms with Crippen molar-refractivity contribution in [1.82, 2.24) is 19.9 Å². The van der Waals surface area contributed by atoms with Crippen molar-refractivity contribution in [2.24, 2.45) is 0 Å². The van der Waals surface area contributed by atoms with Crippen molar-refractivity contribution in [2.45, 2.75) is 39.5 Å². The first-order chi connectivity index (χ1) is 27.8. The first kappa shape index (κ1) is 44.0. The van der Waals surface area contributed by atoms with E-state index in [1.807, 2.05) is 107 Å². The van der Waals surface area contributed by atoms with Gasteiger partial charge in [0.1, 0.15) is 68.3 Å². The maximum Gasteiger partial charge on any atom is 0 e. The number of aromatic nitrogens is 4. The molecule has 10 nitrogen and oxygen atoms in total. The molecule has 0 saturated carbocycles. The molecule has 14 heteroatoms. The molecule has 0 amide bonds.